The van der Waals surface area contributed by atoms with Crippen molar-refractivity contribution in [3.63, 3.8) is 0 Å². The number of likely N-dealkylation sites (N-methyl/N-ethyl adjacent to an activating group) is 1. The molecule has 0 bridgehead atoms. The van der Waals surface area contributed by atoms with Crippen molar-refractivity contribution in [1.29, 1.82) is 0 Å². The third kappa shape index (κ3) is 22.6. The Morgan fingerprint density at radius 1 is 0.760 bits per heavy atom. The summed E-state index contributed by atoms with van der Waals surface area (Å²) in [6.45, 7) is 15.0. The number of nitrogens with zero attached hydrogens (tertiary/aromatic N) is 1. The molecule has 0 aliphatic heterocycles. The number of rotatable bonds is 14. The average Bonchev–Trinajstić information content (AvgIpc) is 2.55. The molecule has 25 heavy (non-hydrogen) atoms. The average molecular weight is 450 g/mol. The molecule has 0 rings (SSSR count). The molecule has 0 radical (unpaired) electrons. The highest BCUT2D eigenvalue weighted by Crippen LogP contribution is 2.12. The van der Waals surface area contributed by atoms with Gasteiger partial charge in [0.15, 0.2) is 0 Å². The Bertz CT molecular complexity index is 223. The minimum atomic E-state index is -1.16. The van der Waals surface area contributed by atoms with Crippen molar-refractivity contribution < 1.29 is 49.4 Å². The summed E-state index contributed by atoms with van der Waals surface area (Å²) < 4.78 is 1.33. The smallest absolute Gasteiger partial charge is 0.202 e. The van der Waals surface area contributed by atoms with Crippen molar-refractivity contribution in [2.45, 2.75) is 85.4 Å². The Balaban J connectivity index is -0.000000238. The zero-order valence-electron chi connectivity index (χ0n) is 17.4. The molecule has 0 fully saturated rings. The standard InChI is InChI=1S/C16H36N.C3H9NO2.BrH.ClH/c1-5-9-10-11-12-13-14-15-16-17(6-2,7-3)8-4;1-4-2-3(5)6;;/h5-16H2,1-4H3;3-6H,2H2,1H3;2*1H/q+1;;;/p-1. The van der Waals surface area contributed by atoms with Gasteiger partial charge in [0.25, 0.3) is 0 Å². The third-order valence-electron chi connectivity index (χ3n) is 4.94. The Morgan fingerprint density at radius 3 is 1.44 bits per heavy atom. The van der Waals surface area contributed by atoms with Gasteiger partial charge >= 0.3 is 0 Å². The lowest BCUT2D eigenvalue weighted by Crippen LogP contribution is -3.00. The molecule has 158 valence electrons. The molecule has 0 atom stereocenters. The van der Waals surface area contributed by atoms with Gasteiger partial charge in [-0.05, 0) is 33.6 Å². The molecule has 4 N–H and O–H groups in total. The summed E-state index contributed by atoms with van der Waals surface area (Å²) in [5.74, 6) is 0. The van der Waals surface area contributed by atoms with Crippen molar-refractivity contribution in [3.8, 4) is 0 Å². The number of halogens is 2. The third-order valence-corrected chi connectivity index (χ3v) is 4.94. The van der Waals surface area contributed by atoms with E-state index in [-0.39, 0.29) is 29.4 Å². The molecular formula is C19H46BrClN2O2. The number of aliphatic hydroxyl groups is 2. The second-order valence-corrected chi connectivity index (χ2v) is 6.61. The molecule has 0 amide bonds. The molecule has 0 saturated heterocycles. The molecule has 6 heteroatoms. The number of nitrogens with two attached hydrogens (primary N) is 1. The predicted molar refractivity (Wildman–Crippen MR) is 100 cm³/mol. The van der Waals surface area contributed by atoms with Gasteiger partial charge in [0.05, 0.1) is 33.2 Å². The van der Waals surface area contributed by atoms with Crippen LogP contribution in [0.15, 0.2) is 0 Å². The number of quaternary nitrogens is 2. The van der Waals surface area contributed by atoms with Gasteiger partial charge in [-0.25, -0.2) is 0 Å². The fraction of sp³-hybridized carbons (Fsp3) is 1.00. The molecule has 0 aliphatic carbocycles. The summed E-state index contributed by atoms with van der Waals surface area (Å²) in [7, 11) is 1.78. The van der Waals surface area contributed by atoms with E-state index in [1.165, 1.54) is 82.0 Å². The van der Waals surface area contributed by atoms with E-state index in [9.17, 15) is 0 Å². The molecule has 0 saturated carbocycles. The van der Waals surface area contributed by atoms with E-state index in [1.807, 2.05) is 0 Å². The van der Waals surface area contributed by atoms with Crippen molar-refractivity contribution in [2.75, 3.05) is 39.8 Å². The van der Waals surface area contributed by atoms with Gasteiger partial charge in [-0.1, -0.05) is 45.4 Å². The van der Waals surface area contributed by atoms with Gasteiger partial charge in [0, 0.05) is 0 Å². The van der Waals surface area contributed by atoms with Crippen LogP contribution in [0, 0.1) is 0 Å². The summed E-state index contributed by atoms with van der Waals surface area (Å²) in [6.07, 6.45) is 10.4. The van der Waals surface area contributed by atoms with E-state index in [2.05, 4.69) is 27.7 Å². The summed E-state index contributed by atoms with van der Waals surface area (Å²) in [5, 5.41) is 17.9. The van der Waals surface area contributed by atoms with E-state index in [4.69, 9.17) is 10.2 Å². The number of hydrogen-bond donors (Lipinski definition) is 3. The highest BCUT2D eigenvalue weighted by Gasteiger charge is 2.19. The van der Waals surface area contributed by atoms with E-state index in [0.29, 0.717) is 6.54 Å². The lowest BCUT2D eigenvalue weighted by atomic mass is 10.1. The molecule has 0 aromatic rings. The topological polar surface area (TPSA) is 57.1 Å². The molecule has 0 aromatic heterocycles. The lowest BCUT2D eigenvalue weighted by Gasteiger charge is -2.35. The molecule has 0 aliphatic rings. The lowest BCUT2D eigenvalue weighted by molar-refractivity contribution is -0.923. The van der Waals surface area contributed by atoms with Crippen molar-refractivity contribution in [2.24, 2.45) is 0 Å². The zero-order valence-corrected chi connectivity index (χ0v) is 19.8. The second kappa shape index (κ2) is 24.6. The van der Waals surface area contributed by atoms with Gasteiger partial charge in [0.1, 0.15) is 6.54 Å². The van der Waals surface area contributed by atoms with E-state index < -0.39 is 6.29 Å². The summed E-state index contributed by atoms with van der Waals surface area (Å²) in [5.41, 5.74) is 0. The first-order valence-corrected chi connectivity index (χ1v) is 10.0. The molecule has 0 aromatic carbocycles. The van der Waals surface area contributed by atoms with Crippen molar-refractivity contribution >= 4 is 0 Å². The fourth-order valence-electron chi connectivity index (χ4n) is 2.94. The largest absolute Gasteiger partial charge is 1.00 e. The Morgan fingerprint density at radius 2 is 1.16 bits per heavy atom. The molecular weight excluding hydrogens is 404 g/mol. The maximum absolute atomic E-state index is 8.08. The number of aliphatic hydroxyl groups excluding tert-OH is 1. The summed E-state index contributed by atoms with van der Waals surface area (Å²) in [6, 6.07) is 0. The minimum Gasteiger partial charge on any atom is -1.00 e. The SMILES string of the molecule is CCCCCCCCCC[N+](CC)(CC)CC.C[NH2+]CC(O)O.[Br-].[Cl-]. The minimum absolute atomic E-state index is 0. The van der Waals surface area contributed by atoms with Crippen LogP contribution in [-0.4, -0.2) is 60.8 Å². The van der Waals surface area contributed by atoms with Gasteiger partial charge in [-0.3, -0.25) is 0 Å². The Hall–Kier alpha value is 0.610. The number of unbranched alkanes of at least 4 members (excludes halogenated alkanes) is 7. The first-order valence-electron chi connectivity index (χ1n) is 10.0. The highest BCUT2D eigenvalue weighted by atomic mass is 79.9. The fourth-order valence-corrected chi connectivity index (χ4v) is 2.94. The van der Waals surface area contributed by atoms with Crippen LogP contribution in [0.1, 0.15) is 79.1 Å². The Kier molecular flexibility index (Phi) is 32.7. The van der Waals surface area contributed by atoms with Gasteiger partial charge in [-0.2, -0.15) is 0 Å². The second-order valence-electron chi connectivity index (χ2n) is 6.61. The van der Waals surface area contributed by atoms with E-state index in [1.54, 1.807) is 12.4 Å². The zero-order chi connectivity index (χ0) is 18.0. The first kappa shape index (κ1) is 33.2. The molecule has 4 nitrogen and oxygen atoms in total. The van der Waals surface area contributed by atoms with Gasteiger partial charge < -0.3 is 49.4 Å². The van der Waals surface area contributed by atoms with Crippen LogP contribution in [0.5, 0.6) is 0 Å². The van der Waals surface area contributed by atoms with Crippen LogP contribution in [-0.2, 0) is 0 Å². The van der Waals surface area contributed by atoms with Crippen LogP contribution < -0.4 is 34.7 Å². The Labute approximate surface area is 174 Å². The first-order chi connectivity index (χ1) is 11.0. The highest BCUT2D eigenvalue weighted by molar-refractivity contribution is 4.47. The summed E-state index contributed by atoms with van der Waals surface area (Å²) in [4.78, 5) is 0. The van der Waals surface area contributed by atoms with Crippen LogP contribution in [0.3, 0.4) is 0 Å². The quantitative estimate of drug-likeness (QED) is 0.146. The monoisotopic (exact) mass is 448 g/mol. The molecule has 0 spiro atoms. The normalized spacial score (nSPS) is 10.6. The predicted octanol–water partition coefficient (Wildman–Crippen LogP) is -3.50. The van der Waals surface area contributed by atoms with Crippen LogP contribution in [0.2, 0.25) is 0 Å². The van der Waals surface area contributed by atoms with Crippen LogP contribution in [0.4, 0.5) is 0 Å². The maximum atomic E-state index is 8.08. The van der Waals surface area contributed by atoms with Gasteiger partial charge in [0.2, 0.25) is 6.29 Å². The number of hydrogen-bond acceptors (Lipinski definition) is 2. The van der Waals surface area contributed by atoms with E-state index in [0.717, 1.165) is 0 Å². The molecule has 0 heterocycles. The van der Waals surface area contributed by atoms with Crippen molar-refractivity contribution in [1.82, 2.24) is 0 Å². The van der Waals surface area contributed by atoms with E-state index >= 15 is 0 Å². The van der Waals surface area contributed by atoms with Crippen molar-refractivity contribution in [3.05, 3.63) is 0 Å². The summed E-state index contributed by atoms with van der Waals surface area (Å²) >= 11 is 0. The molecule has 0 unspecified atom stereocenters. The van der Waals surface area contributed by atoms with Crippen LogP contribution >= 0.6 is 0 Å². The van der Waals surface area contributed by atoms with Gasteiger partial charge in [-0.15, -0.1) is 0 Å². The maximum Gasteiger partial charge on any atom is 0.202 e. The van der Waals surface area contributed by atoms with Crippen LogP contribution in [0.25, 0.3) is 0 Å².